The minimum absolute atomic E-state index is 0.151. The molecule has 0 bridgehead atoms. The number of benzene rings is 1. The minimum Gasteiger partial charge on any atom is -0.454 e. The van der Waals surface area contributed by atoms with E-state index in [9.17, 15) is 5.11 Å². The van der Waals surface area contributed by atoms with E-state index in [-0.39, 0.29) is 18.8 Å². The van der Waals surface area contributed by atoms with Crippen molar-refractivity contribution in [1.29, 1.82) is 0 Å². The molecule has 1 saturated heterocycles. The number of β-amino-alcohol motifs (C(OH)–C–C–N with tert-alkyl or cyclic N) is 1. The van der Waals surface area contributed by atoms with Crippen molar-refractivity contribution >= 4 is 0 Å². The maximum absolute atomic E-state index is 10.6. The number of aliphatic hydroxyl groups excluding tert-OH is 1. The van der Waals surface area contributed by atoms with Gasteiger partial charge in [0.2, 0.25) is 6.79 Å². The number of nitrogens with zero attached hydrogens (tertiary/aromatic N) is 2. The molecule has 1 aromatic carbocycles. The van der Waals surface area contributed by atoms with Crippen LogP contribution in [0.2, 0.25) is 0 Å². The Labute approximate surface area is 135 Å². The van der Waals surface area contributed by atoms with Gasteiger partial charge in [-0.05, 0) is 48.4 Å². The Morgan fingerprint density at radius 1 is 1.13 bits per heavy atom. The number of aromatic nitrogens is 1. The molecule has 0 radical (unpaired) electrons. The van der Waals surface area contributed by atoms with Gasteiger partial charge in [0.05, 0.1) is 6.10 Å². The van der Waals surface area contributed by atoms with E-state index in [4.69, 9.17) is 9.47 Å². The van der Waals surface area contributed by atoms with Crippen molar-refractivity contribution < 1.29 is 14.6 Å². The molecule has 2 aromatic rings. The van der Waals surface area contributed by atoms with E-state index in [1.807, 2.05) is 42.7 Å². The van der Waals surface area contributed by atoms with E-state index in [2.05, 4.69) is 9.88 Å². The molecule has 0 unspecified atom stereocenters. The Kier molecular flexibility index (Phi) is 3.89. The first-order valence-corrected chi connectivity index (χ1v) is 7.98. The van der Waals surface area contributed by atoms with Crippen LogP contribution in [0.4, 0.5) is 0 Å². The predicted molar refractivity (Wildman–Crippen MR) is 85.4 cm³/mol. The van der Waals surface area contributed by atoms with Gasteiger partial charge in [-0.2, -0.15) is 0 Å². The van der Waals surface area contributed by atoms with Gasteiger partial charge >= 0.3 is 0 Å². The molecule has 5 heteroatoms. The summed E-state index contributed by atoms with van der Waals surface area (Å²) in [6, 6.07) is 10.0. The highest BCUT2D eigenvalue weighted by Crippen LogP contribution is 2.37. The molecule has 1 N–H and O–H groups in total. The topological polar surface area (TPSA) is 54.8 Å². The molecule has 5 nitrogen and oxygen atoms in total. The van der Waals surface area contributed by atoms with Gasteiger partial charge in [0.25, 0.3) is 0 Å². The number of ether oxygens (including phenoxy) is 2. The SMILES string of the molecule is O[C@@H]1CN(Cc2ccncc2)CC[C@H]1c1ccc2c(c1)OCO2. The zero-order valence-electron chi connectivity index (χ0n) is 12.9. The molecule has 2 aliphatic heterocycles. The van der Waals surface area contributed by atoms with Crippen LogP contribution >= 0.6 is 0 Å². The van der Waals surface area contributed by atoms with Crippen molar-refractivity contribution in [2.24, 2.45) is 0 Å². The zero-order valence-corrected chi connectivity index (χ0v) is 12.9. The molecular formula is C18H20N2O3. The number of fused-ring (bicyclic) bond motifs is 1. The Morgan fingerprint density at radius 3 is 2.78 bits per heavy atom. The van der Waals surface area contributed by atoms with E-state index in [1.54, 1.807) is 0 Å². The second kappa shape index (κ2) is 6.18. The number of likely N-dealkylation sites (tertiary alicyclic amines) is 1. The van der Waals surface area contributed by atoms with Crippen molar-refractivity contribution in [3.8, 4) is 11.5 Å². The zero-order chi connectivity index (χ0) is 15.6. The lowest BCUT2D eigenvalue weighted by atomic mass is 9.87. The number of hydrogen-bond donors (Lipinski definition) is 1. The fraction of sp³-hybridized carbons (Fsp3) is 0.389. The predicted octanol–water partition coefficient (Wildman–Crippen LogP) is 2.16. The Morgan fingerprint density at radius 2 is 1.96 bits per heavy atom. The molecule has 0 amide bonds. The maximum atomic E-state index is 10.6. The van der Waals surface area contributed by atoms with Crippen molar-refractivity contribution in [2.75, 3.05) is 19.9 Å². The van der Waals surface area contributed by atoms with Gasteiger partial charge in [0, 0.05) is 31.4 Å². The van der Waals surface area contributed by atoms with Crippen LogP contribution in [0.3, 0.4) is 0 Å². The van der Waals surface area contributed by atoms with Gasteiger partial charge < -0.3 is 14.6 Å². The van der Waals surface area contributed by atoms with E-state index >= 15 is 0 Å². The highest BCUT2D eigenvalue weighted by molar-refractivity contribution is 5.45. The molecule has 3 heterocycles. The fourth-order valence-corrected chi connectivity index (χ4v) is 3.42. The summed E-state index contributed by atoms with van der Waals surface area (Å²) in [5.74, 6) is 1.73. The van der Waals surface area contributed by atoms with Gasteiger partial charge in [0.15, 0.2) is 11.5 Å². The Hall–Kier alpha value is -2.11. The fourth-order valence-electron chi connectivity index (χ4n) is 3.42. The molecule has 1 fully saturated rings. The summed E-state index contributed by atoms with van der Waals surface area (Å²) in [5.41, 5.74) is 2.36. The first-order valence-electron chi connectivity index (χ1n) is 7.98. The molecule has 0 saturated carbocycles. The van der Waals surface area contributed by atoms with Crippen LogP contribution < -0.4 is 9.47 Å². The second-order valence-electron chi connectivity index (χ2n) is 6.17. The lowest BCUT2D eigenvalue weighted by molar-refractivity contribution is 0.0476. The molecule has 4 rings (SSSR count). The van der Waals surface area contributed by atoms with Gasteiger partial charge in [-0.25, -0.2) is 0 Å². The lowest BCUT2D eigenvalue weighted by Gasteiger charge is -2.36. The van der Waals surface area contributed by atoms with Crippen molar-refractivity contribution in [3.05, 3.63) is 53.9 Å². The van der Waals surface area contributed by atoms with E-state index in [0.29, 0.717) is 6.54 Å². The first-order chi connectivity index (χ1) is 11.3. The third kappa shape index (κ3) is 3.02. The third-order valence-corrected chi connectivity index (χ3v) is 4.65. The largest absolute Gasteiger partial charge is 0.454 e. The van der Waals surface area contributed by atoms with E-state index < -0.39 is 0 Å². The molecule has 2 atom stereocenters. The highest BCUT2D eigenvalue weighted by atomic mass is 16.7. The number of pyridine rings is 1. The lowest BCUT2D eigenvalue weighted by Crippen LogP contribution is -2.42. The highest BCUT2D eigenvalue weighted by Gasteiger charge is 2.30. The normalized spacial score (nSPS) is 23.9. The van der Waals surface area contributed by atoms with Crippen LogP contribution in [0.5, 0.6) is 11.5 Å². The van der Waals surface area contributed by atoms with Gasteiger partial charge in [-0.3, -0.25) is 9.88 Å². The van der Waals surface area contributed by atoms with Crippen LogP contribution in [0, 0.1) is 0 Å². The number of hydrogen-bond acceptors (Lipinski definition) is 5. The summed E-state index contributed by atoms with van der Waals surface area (Å²) in [7, 11) is 0. The first kappa shape index (κ1) is 14.5. The quantitative estimate of drug-likeness (QED) is 0.941. The summed E-state index contributed by atoms with van der Waals surface area (Å²) in [5, 5.41) is 10.6. The van der Waals surface area contributed by atoms with Crippen molar-refractivity contribution in [2.45, 2.75) is 25.0 Å². The molecule has 23 heavy (non-hydrogen) atoms. The average molecular weight is 312 g/mol. The number of aliphatic hydroxyl groups is 1. The van der Waals surface area contributed by atoms with Crippen LogP contribution in [0.1, 0.15) is 23.5 Å². The van der Waals surface area contributed by atoms with Crippen LogP contribution in [0.25, 0.3) is 0 Å². The maximum Gasteiger partial charge on any atom is 0.231 e. The molecule has 120 valence electrons. The number of rotatable bonds is 3. The summed E-state index contributed by atoms with van der Waals surface area (Å²) in [4.78, 5) is 6.34. The summed E-state index contributed by atoms with van der Waals surface area (Å²) in [6.07, 6.45) is 4.19. The summed E-state index contributed by atoms with van der Waals surface area (Å²) < 4.78 is 10.8. The number of piperidine rings is 1. The van der Waals surface area contributed by atoms with Crippen LogP contribution in [-0.2, 0) is 6.54 Å². The average Bonchev–Trinajstić information content (AvgIpc) is 3.03. The molecule has 2 aliphatic rings. The van der Waals surface area contributed by atoms with E-state index in [0.717, 1.165) is 36.6 Å². The Bertz CT molecular complexity index is 677. The van der Waals surface area contributed by atoms with E-state index in [1.165, 1.54) is 5.56 Å². The molecule has 1 aromatic heterocycles. The van der Waals surface area contributed by atoms with Gasteiger partial charge in [-0.1, -0.05) is 6.07 Å². The van der Waals surface area contributed by atoms with Crippen LogP contribution in [0.15, 0.2) is 42.7 Å². The monoisotopic (exact) mass is 312 g/mol. The summed E-state index contributed by atoms with van der Waals surface area (Å²) in [6.45, 7) is 2.79. The third-order valence-electron chi connectivity index (χ3n) is 4.65. The second-order valence-corrected chi connectivity index (χ2v) is 6.17. The molecule has 0 aliphatic carbocycles. The van der Waals surface area contributed by atoms with Gasteiger partial charge in [0.1, 0.15) is 0 Å². The Balaban J connectivity index is 1.43. The minimum atomic E-state index is -0.369. The smallest absolute Gasteiger partial charge is 0.231 e. The van der Waals surface area contributed by atoms with Crippen LogP contribution in [-0.4, -0.2) is 41.0 Å². The van der Waals surface area contributed by atoms with Crippen molar-refractivity contribution in [1.82, 2.24) is 9.88 Å². The van der Waals surface area contributed by atoms with Gasteiger partial charge in [-0.15, -0.1) is 0 Å². The molecule has 0 spiro atoms. The standard InChI is InChI=1S/C18H20N2O3/c21-16-11-20(10-13-3-6-19-7-4-13)8-5-15(16)14-1-2-17-18(9-14)23-12-22-17/h1-4,6-7,9,15-16,21H,5,8,10-12H2/t15-,16+/m0/s1. The molecular weight excluding hydrogens is 292 g/mol. The summed E-state index contributed by atoms with van der Waals surface area (Å²) >= 11 is 0. The van der Waals surface area contributed by atoms with Crippen molar-refractivity contribution in [3.63, 3.8) is 0 Å².